The fourth-order valence-electron chi connectivity index (χ4n) is 1.77. The molecule has 0 spiro atoms. The lowest BCUT2D eigenvalue weighted by Crippen LogP contribution is -2.49. The van der Waals surface area contributed by atoms with Crippen molar-refractivity contribution in [3.8, 4) is 0 Å². The summed E-state index contributed by atoms with van der Waals surface area (Å²) in [5.41, 5.74) is -4.96. The molecule has 0 aromatic heterocycles. The minimum Gasteiger partial charge on any atom is -0.464 e. The van der Waals surface area contributed by atoms with Crippen LogP contribution in [0.5, 0.6) is 0 Å². The van der Waals surface area contributed by atoms with E-state index in [4.69, 9.17) is 0 Å². The van der Waals surface area contributed by atoms with E-state index >= 15 is 0 Å². The van der Waals surface area contributed by atoms with Gasteiger partial charge in [-0.2, -0.15) is 4.21 Å². The SMILES string of the molecule is O=COCC(O)(COC=O)C(=O)OCCOOS(=O)OOCCOC(=O)C(O)(COC=O)COC=O. The standard InChI is InChI=1S/C16H22O19S/c17-9-26-5-15(23,6-27-10-18)13(21)30-1-3-32-34-36(25)35-33-4-2-31-14(22)16(24,7-28-11-19)8-29-12-20/h9-12,23-24H,1-8H2. The Kier molecular flexibility index (Phi) is 17.3. The Bertz CT molecular complexity index is 644. The Labute approximate surface area is 204 Å². The van der Waals surface area contributed by atoms with Crippen LogP contribution in [0.4, 0.5) is 0 Å². The van der Waals surface area contributed by atoms with Crippen molar-refractivity contribution in [1.29, 1.82) is 0 Å². The van der Waals surface area contributed by atoms with E-state index < -0.39 is 87.4 Å². The van der Waals surface area contributed by atoms with E-state index in [1.165, 1.54) is 0 Å². The zero-order valence-corrected chi connectivity index (χ0v) is 19.0. The molecule has 36 heavy (non-hydrogen) atoms. The van der Waals surface area contributed by atoms with Crippen molar-refractivity contribution in [2.75, 3.05) is 52.9 Å². The van der Waals surface area contributed by atoms with Gasteiger partial charge in [-0.05, 0) is 0 Å². The maximum absolute atomic E-state index is 11.8. The van der Waals surface area contributed by atoms with Crippen molar-refractivity contribution >= 4 is 49.2 Å². The molecule has 0 saturated carbocycles. The number of esters is 2. The van der Waals surface area contributed by atoms with E-state index in [2.05, 4.69) is 46.9 Å². The summed E-state index contributed by atoms with van der Waals surface area (Å²) in [6.07, 6.45) is 0. The van der Waals surface area contributed by atoms with Gasteiger partial charge in [0, 0.05) is 0 Å². The molecule has 0 fully saturated rings. The lowest BCUT2D eigenvalue weighted by Gasteiger charge is -2.23. The van der Waals surface area contributed by atoms with Crippen LogP contribution in [-0.2, 0) is 87.0 Å². The van der Waals surface area contributed by atoms with Crippen molar-refractivity contribution in [3.05, 3.63) is 0 Å². The number of carbonyl (C=O) groups excluding carboxylic acids is 6. The number of hydrogen-bond donors (Lipinski definition) is 2. The Balaban J connectivity index is 4.15. The van der Waals surface area contributed by atoms with Gasteiger partial charge in [-0.1, -0.05) is 0 Å². The number of aliphatic hydroxyl groups is 2. The summed E-state index contributed by atoms with van der Waals surface area (Å²) in [6, 6.07) is 0. The number of rotatable bonds is 24. The van der Waals surface area contributed by atoms with Gasteiger partial charge in [0.1, 0.15) is 52.9 Å². The number of ether oxygens (including phenoxy) is 6. The van der Waals surface area contributed by atoms with Crippen molar-refractivity contribution in [3.63, 3.8) is 0 Å². The van der Waals surface area contributed by atoms with Gasteiger partial charge in [0.05, 0.1) is 0 Å². The highest BCUT2D eigenvalue weighted by Crippen LogP contribution is 2.10. The third kappa shape index (κ3) is 13.6. The highest BCUT2D eigenvalue weighted by molar-refractivity contribution is 7.74. The first-order valence-electron chi connectivity index (χ1n) is 9.21. The predicted molar refractivity (Wildman–Crippen MR) is 102 cm³/mol. The third-order valence-electron chi connectivity index (χ3n) is 3.33. The molecule has 0 aliphatic heterocycles. The maximum atomic E-state index is 11.8. The van der Waals surface area contributed by atoms with E-state index in [9.17, 15) is 43.2 Å². The second-order valence-electron chi connectivity index (χ2n) is 5.95. The molecule has 0 aromatic rings. The average Bonchev–Trinajstić information content (AvgIpc) is 2.87. The van der Waals surface area contributed by atoms with Crippen LogP contribution >= 0.6 is 0 Å². The topological polar surface area (TPSA) is 252 Å². The summed E-state index contributed by atoms with van der Waals surface area (Å²) < 4.78 is 46.0. The summed E-state index contributed by atoms with van der Waals surface area (Å²) in [4.78, 5) is 73.3. The van der Waals surface area contributed by atoms with Crippen LogP contribution in [0.25, 0.3) is 0 Å². The fourth-order valence-corrected chi connectivity index (χ4v) is 2.09. The second kappa shape index (κ2) is 19.0. The highest BCUT2D eigenvalue weighted by Gasteiger charge is 2.41. The van der Waals surface area contributed by atoms with Crippen molar-refractivity contribution < 1.29 is 90.1 Å². The van der Waals surface area contributed by atoms with Gasteiger partial charge in [-0.25, -0.2) is 19.4 Å². The molecular formula is C16H22O19S. The molecule has 20 heteroatoms. The van der Waals surface area contributed by atoms with E-state index in [0.29, 0.717) is 0 Å². The molecule has 0 aliphatic rings. The Morgan fingerprint density at radius 2 is 0.917 bits per heavy atom. The molecule has 0 heterocycles. The lowest BCUT2D eigenvalue weighted by atomic mass is 10.1. The van der Waals surface area contributed by atoms with Crippen LogP contribution in [0.15, 0.2) is 0 Å². The van der Waals surface area contributed by atoms with Crippen molar-refractivity contribution in [2.45, 2.75) is 11.2 Å². The second-order valence-corrected chi connectivity index (χ2v) is 6.63. The molecule has 0 aliphatic carbocycles. The van der Waals surface area contributed by atoms with Gasteiger partial charge in [0.15, 0.2) is 0 Å². The van der Waals surface area contributed by atoms with Gasteiger partial charge in [0.2, 0.25) is 11.2 Å². The van der Waals surface area contributed by atoms with Crippen LogP contribution in [-0.4, -0.2) is 116 Å². The van der Waals surface area contributed by atoms with Crippen LogP contribution in [0.1, 0.15) is 0 Å². The van der Waals surface area contributed by atoms with Crippen LogP contribution < -0.4 is 0 Å². The van der Waals surface area contributed by atoms with Gasteiger partial charge in [-0.15, -0.1) is 8.67 Å². The number of carbonyl (C=O) groups is 6. The van der Waals surface area contributed by atoms with E-state index in [1.807, 2.05) is 0 Å². The predicted octanol–water partition coefficient (Wildman–Crippen LogP) is -4.30. The molecular weight excluding hydrogens is 528 g/mol. The molecule has 0 rings (SSSR count). The number of hydrogen-bond acceptors (Lipinski definition) is 19. The molecule has 0 aromatic carbocycles. The van der Waals surface area contributed by atoms with Crippen molar-refractivity contribution in [2.24, 2.45) is 0 Å². The van der Waals surface area contributed by atoms with Crippen LogP contribution in [0, 0.1) is 0 Å². The smallest absolute Gasteiger partial charge is 0.362 e. The lowest BCUT2D eigenvalue weighted by molar-refractivity contribution is -0.257. The fraction of sp³-hybridized carbons (Fsp3) is 0.625. The van der Waals surface area contributed by atoms with Gasteiger partial charge < -0.3 is 38.6 Å². The van der Waals surface area contributed by atoms with E-state index in [-0.39, 0.29) is 25.9 Å². The van der Waals surface area contributed by atoms with Crippen LogP contribution in [0.3, 0.4) is 0 Å². The summed E-state index contributed by atoms with van der Waals surface area (Å²) >= 11 is -2.66. The molecule has 2 N–H and O–H groups in total. The molecule has 19 nitrogen and oxygen atoms in total. The minimum absolute atomic E-state index is 0.0622. The monoisotopic (exact) mass is 550 g/mol. The molecule has 0 bridgehead atoms. The van der Waals surface area contributed by atoms with Gasteiger partial charge in [0.25, 0.3) is 25.9 Å². The zero-order chi connectivity index (χ0) is 27.3. The molecule has 0 unspecified atom stereocenters. The zero-order valence-electron chi connectivity index (χ0n) is 18.2. The summed E-state index contributed by atoms with van der Waals surface area (Å²) in [5.74, 6) is -2.68. The molecule has 0 amide bonds. The minimum atomic E-state index is -2.66. The highest BCUT2D eigenvalue weighted by atomic mass is 32.2. The molecule has 206 valence electrons. The van der Waals surface area contributed by atoms with Crippen LogP contribution in [0.2, 0.25) is 0 Å². The first-order chi connectivity index (χ1) is 17.2. The Morgan fingerprint density at radius 3 is 1.19 bits per heavy atom. The Morgan fingerprint density at radius 1 is 0.611 bits per heavy atom. The molecule has 0 radical (unpaired) electrons. The molecule has 0 saturated heterocycles. The quantitative estimate of drug-likeness (QED) is 0.0288. The van der Waals surface area contributed by atoms with Crippen molar-refractivity contribution in [1.82, 2.24) is 0 Å². The first kappa shape index (κ1) is 32.7. The summed E-state index contributed by atoms with van der Waals surface area (Å²) in [5, 5.41) is 20.0. The molecule has 0 atom stereocenters. The Hall–Kier alpha value is -3.27. The van der Waals surface area contributed by atoms with E-state index in [1.54, 1.807) is 0 Å². The normalized spacial score (nSPS) is 11.2. The summed E-state index contributed by atoms with van der Waals surface area (Å²) in [6.45, 7) is -5.95. The van der Waals surface area contributed by atoms with E-state index in [0.717, 1.165) is 0 Å². The average molecular weight is 550 g/mol. The summed E-state index contributed by atoms with van der Waals surface area (Å²) in [7, 11) is 0. The van der Waals surface area contributed by atoms with Gasteiger partial charge in [-0.3, -0.25) is 19.2 Å². The first-order valence-corrected chi connectivity index (χ1v) is 10.2. The maximum Gasteiger partial charge on any atom is 0.362 e. The largest absolute Gasteiger partial charge is 0.464 e. The third-order valence-corrected chi connectivity index (χ3v) is 3.74. The van der Waals surface area contributed by atoms with Gasteiger partial charge >= 0.3 is 23.3 Å².